The van der Waals surface area contributed by atoms with E-state index in [9.17, 15) is 4.79 Å². The Morgan fingerprint density at radius 3 is 2.42 bits per heavy atom. The van der Waals surface area contributed by atoms with Gasteiger partial charge < -0.3 is 5.73 Å². The van der Waals surface area contributed by atoms with E-state index in [2.05, 4.69) is 10.3 Å². The molecule has 0 aromatic rings. The molecule has 0 aliphatic rings. The van der Waals surface area contributed by atoms with Crippen LogP contribution in [0, 0.1) is 12.3 Å². The van der Waals surface area contributed by atoms with Gasteiger partial charge in [-0.15, -0.1) is 6.42 Å². The topological polar surface area (TPSA) is 67.5 Å². The number of aliphatic imine (C=N–C) groups is 1. The fraction of sp³-hybridized carbons (Fsp3) is 0.500. The zero-order valence-corrected chi connectivity index (χ0v) is 7.51. The van der Waals surface area contributed by atoms with Crippen LogP contribution in [0.1, 0.15) is 20.8 Å². The molecule has 0 atom stereocenters. The highest BCUT2D eigenvalue weighted by molar-refractivity contribution is 6.04. The van der Waals surface area contributed by atoms with Crippen LogP contribution in [0.4, 0.5) is 0 Å². The Hall–Kier alpha value is -1.50. The van der Waals surface area contributed by atoms with Gasteiger partial charge in [-0.1, -0.05) is 0 Å². The highest BCUT2D eigenvalue weighted by atomic mass is 16.1. The zero-order chi connectivity index (χ0) is 9.78. The van der Waals surface area contributed by atoms with Crippen LogP contribution in [0.25, 0.3) is 0 Å². The fourth-order valence-electron chi connectivity index (χ4n) is 0.542. The minimum Gasteiger partial charge on any atom is -0.370 e. The molecule has 3 N–H and O–H groups in total. The van der Waals surface area contributed by atoms with Gasteiger partial charge in [0.2, 0.25) is 0 Å². The van der Waals surface area contributed by atoms with Crippen molar-refractivity contribution in [1.29, 1.82) is 0 Å². The summed E-state index contributed by atoms with van der Waals surface area (Å²) in [5, 5.41) is 2.24. The van der Waals surface area contributed by atoms with Crippen molar-refractivity contribution in [3.63, 3.8) is 0 Å². The van der Waals surface area contributed by atoms with E-state index in [1.54, 1.807) is 0 Å². The van der Waals surface area contributed by atoms with Crippen LogP contribution in [-0.2, 0) is 4.79 Å². The summed E-state index contributed by atoms with van der Waals surface area (Å²) in [6.07, 6.45) is 4.81. The molecule has 0 saturated heterocycles. The van der Waals surface area contributed by atoms with E-state index in [-0.39, 0.29) is 11.5 Å². The van der Waals surface area contributed by atoms with Crippen molar-refractivity contribution in [2.24, 2.45) is 10.7 Å². The molecule has 66 valence electrons. The van der Waals surface area contributed by atoms with Gasteiger partial charge >= 0.3 is 5.91 Å². The van der Waals surface area contributed by atoms with E-state index >= 15 is 0 Å². The summed E-state index contributed by atoms with van der Waals surface area (Å²) in [6.45, 7) is 5.59. The lowest BCUT2D eigenvalue weighted by Crippen LogP contribution is -2.37. The SMILES string of the molecule is C#CC(=O)NC(N)=NC(C)(C)C. The van der Waals surface area contributed by atoms with Crippen molar-refractivity contribution in [3.8, 4) is 12.3 Å². The number of rotatable bonds is 0. The number of terminal acetylenes is 1. The monoisotopic (exact) mass is 167 g/mol. The maximum atomic E-state index is 10.6. The number of carbonyl (C=O) groups is 1. The van der Waals surface area contributed by atoms with Gasteiger partial charge in [-0.05, 0) is 26.7 Å². The minimum absolute atomic E-state index is 0.0467. The number of nitrogens with one attached hydrogen (secondary N) is 1. The lowest BCUT2D eigenvalue weighted by molar-refractivity contribution is -0.114. The Balaban J connectivity index is 4.24. The molecule has 0 saturated carbocycles. The highest BCUT2D eigenvalue weighted by Crippen LogP contribution is 2.04. The number of nitrogens with zero attached hydrogens (tertiary/aromatic N) is 1. The minimum atomic E-state index is -0.583. The second kappa shape index (κ2) is 3.77. The van der Waals surface area contributed by atoms with Gasteiger partial charge in [-0.3, -0.25) is 10.1 Å². The average molecular weight is 167 g/mol. The summed E-state index contributed by atoms with van der Waals surface area (Å²) < 4.78 is 0. The number of guanidine groups is 1. The van der Waals surface area contributed by atoms with E-state index < -0.39 is 5.91 Å². The van der Waals surface area contributed by atoms with Gasteiger partial charge in [-0.2, -0.15) is 0 Å². The first kappa shape index (κ1) is 10.5. The molecule has 0 aliphatic carbocycles. The van der Waals surface area contributed by atoms with Crippen LogP contribution < -0.4 is 11.1 Å². The van der Waals surface area contributed by atoms with Crippen molar-refractivity contribution in [2.75, 3.05) is 0 Å². The predicted octanol–water partition coefficient (Wildman–Crippen LogP) is -0.151. The molecule has 0 radical (unpaired) electrons. The second-order valence-electron chi connectivity index (χ2n) is 3.27. The highest BCUT2D eigenvalue weighted by Gasteiger charge is 2.08. The molecule has 0 rings (SSSR count). The Labute approximate surface area is 72.2 Å². The maximum absolute atomic E-state index is 10.6. The van der Waals surface area contributed by atoms with E-state index in [1.165, 1.54) is 0 Å². The molecule has 0 spiro atoms. The molecule has 0 fully saturated rings. The largest absolute Gasteiger partial charge is 0.370 e. The summed E-state index contributed by atoms with van der Waals surface area (Å²) >= 11 is 0. The molecule has 0 unspecified atom stereocenters. The summed E-state index contributed by atoms with van der Waals surface area (Å²) in [5.41, 5.74) is 5.05. The summed E-state index contributed by atoms with van der Waals surface area (Å²) in [7, 11) is 0. The normalized spacial score (nSPS) is 12.0. The third-order valence-corrected chi connectivity index (χ3v) is 0.829. The van der Waals surface area contributed by atoms with Crippen LogP contribution in [0.2, 0.25) is 0 Å². The molecule has 0 aliphatic heterocycles. The first-order valence-corrected chi connectivity index (χ1v) is 3.48. The quantitative estimate of drug-likeness (QED) is 0.299. The first-order chi connectivity index (χ1) is 5.35. The van der Waals surface area contributed by atoms with E-state index in [0.717, 1.165) is 0 Å². The molecule has 4 heteroatoms. The van der Waals surface area contributed by atoms with E-state index in [1.807, 2.05) is 26.7 Å². The van der Waals surface area contributed by atoms with Crippen molar-refractivity contribution >= 4 is 11.9 Å². The Bertz CT molecular complexity index is 242. The number of hydrogen-bond acceptors (Lipinski definition) is 2. The molecule has 0 bridgehead atoms. The van der Waals surface area contributed by atoms with Gasteiger partial charge in [0.05, 0.1) is 5.54 Å². The van der Waals surface area contributed by atoms with Gasteiger partial charge in [0.25, 0.3) is 0 Å². The number of amides is 1. The molecule has 0 heterocycles. The Morgan fingerprint density at radius 1 is 1.58 bits per heavy atom. The molecule has 0 aromatic carbocycles. The lowest BCUT2D eigenvalue weighted by atomic mass is 10.1. The summed E-state index contributed by atoms with van der Waals surface area (Å²) in [5.74, 6) is 1.33. The maximum Gasteiger partial charge on any atom is 0.302 e. The zero-order valence-electron chi connectivity index (χ0n) is 7.51. The van der Waals surface area contributed by atoms with E-state index in [0.29, 0.717) is 0 Å². The molecular weight excluding hydrogens is 154 g/mol. The standard InChI is InChI=1S/C8H13N3O/c1-5-6(12)10-7(9)11-8(2,3)4/h1H,2-4H3,(H3,9,10,11,12). The van der Waals surface area contributed by atoms with Crippen molar-refractivity contribution in [1.82, 2.24) is 5.32 Å². The Kier molecular flexibility index (Phi) is 3.30. The van der Waals surface area contributed by atoms with Gasteiger partial charge in [0, 0.05) is 0 Å². The van der Waals surface area contributed by atoms with Crippen molar-refractivity contribution < 1.29 is 4.79 Å². The van der Waals surface area contributed by atoms with Gasteiger partial charge in [0.1, 0.15) is 0 Å². The molecule has 1 amide bonds. The van der Waals surface area contributed by atoms with Crippen LogP contribution >= 0.6 is 0 Å². The third kappa shape index (κ3) is 5.30. The lowest BCUT2D eigenvalue weighted by Gasteiger charge is -2.12. The average Bonchev–Trinajstić information content (AvgIpc) is 1.82. The van der Waals surface area contributed by atoms with Crippen LogP contribution in [-0.4, -0.2) is 17.4 Å². The number of hydrogen-bond donors (Lipinski definition) is 2. The Morgan fingerprint density at radius 2 is 2.08 bits per heavy atom. The molecule has 12 heavy (non-hydrogen) atoms. The fourth-order valence-corrected chi connectivity index (χ4v) is 0.542. The van der Waals surface area contributed by atoms with Gasteiger partial charge in [-0.25, -0.2) is 4.99 Å². The number of nitrogens with two attached hydrogens (primary N) is 1. The van der Waals surface area contributed by atoms with Crippen LogP contribution in [0.15, 0.2) is 4.99 Å². The molecule has 4 nitrogen and oxygen atoms in total. The number of carbonyl (C=O) groups excluding carboxylic acids is 1. The van der Waals surface area contributed by atoms with Crippen LogP contribution in [0.3, 0.4) is 0 Å². The summed E-state index contributed by atoms with van der Waals surface area (Å²) in [6, 6.07) is 0. The van der Waals surface area contributed by atoms with Gasteiger partial charge in [0.15, 0.2) is 5.96 Å². The van der Waals surface area contributed by atoms with Crippen molar-refractivity contribution in [2.45, 2.75) is 26.3 Å². The molecule has 0 aromatic heterocycles. The smallest absolute Gasteiger partial charge is 0.302 e. The third-order valence-electron chi connectivity index (χ3n) is 0.829. The van der Waals surface area contributed by atoms with Crippen LogP contribution in [0.5, 0.6) is 0 Å². The predicted molar refractivity (Wildman–Crippen MR) is 48.4 cm³/mol. The summed E-state index contributed by atoms with van der Waals surface area (Å²) in [4.78, 5) is 14.6. The second-order valence-corrected chi connectivity index (χ2v) is 3.27. The van der Waals surface area contributed by atoms with E-state index in [4.69, 9.17) is 12.2 Å². The molecular formula is C8H13N3O. The first-order valence-electron chi connectivity index (χ1n) is 3.48. The van der Waals surface area contributed by atoms with Crippen molar-refractivity contribution in [3.05, 3.63) is 0 Å².